The Morgan fingerprint density at radius 1 is 1.19 bits per heavy atom. The topological polar surface area (TPSA) is 29.5 Å². The molecule has 1 fully saturated rings. The lowest BCUT2D eigenvalue weighted by Gasteiger charge is -2.13. The van der Waals surface area contributed by atoms with Crippen LogP contribution in [0, 0.1) is 13.8 Å². The van der Waals surface area contributed by atoms with Crippen LogP contribution >= 0.6 is 0 Å². The van der Waals surface area contributed by atoms with Crippen LogP contribution in [0.15, 0.2) is 12.1 Å². The maximum atomic E-state index is 4.44. The van der Waals surface area contributed by atoms with Crippen molar-refractivity contribution >= 4 is 0 Å². The van der Waals surface area contributed by atoms with Gasteiger partial charge in [-0.2, -0.15) is 0 Å². The van der Waals surface area contributed by atoms with E-state index in [0.29, 0.717) is 0 Å². The number of aromatic nitrogens is 1. The Hall–Kier alpha value is -0.890. The molecule has 0 aromatic carbocycles. The van der Waals surface area contributed by atoms with Gasteiger partial charge >= 0.3 is 0 Å². The third-order valence-electron chi connectivity index (χ3n) is 3.42. The summed E-state index contributed by atoms with van der Waals surface area (Å²) in [6.07, 6.45) is 6.81. The normalized spacial score (nSPS) is 21.8. The van der Waals surface area contributed by atoms with E-state index in [4.69, 9.17) is 0 Å². The van der Waals surface area contributed by atoms with Crippen LogP contribution in [0.5, 0.6) is 0 Å². The molecule has 1 aromatic heterocycles. The monoisotopic (exact) mass is 219 g/mol. The molecule has 1 aliphatic heterocycles. The molecule has 0 aliphatic carbocycles. The van der Waals surface area contributed by atoms with E-state index < -0.39 is 0 Å². The smallest absolute Gasteiger partial charge is 0.0899 e. The molecule has 0 unspecified atom stereocenters. The maximum absolute atomic E-state index is 4.44. The Balaban J connectivity index is 2.01. The Labute approximate surface area is 98.5 Å². The summed E-state index contributed by atoms with van der Waals surface area (Å²) in [7, 11) is 0. The molecule has 2 nitrogen and oxygen atoms in total. The van der Waals surface area contributed by atoms with E-state index in [9.17, 15) is 0 Å². The van der Waals surface area contributed by atoms with Crippen LogP contribution in [-0.4, -0.2) is 17.6 Å². The second-order valence-corrected chi connectivity index (χ2v) is 5.10. The zero-order valence-electron chi connectivity index (χ0n) is 10.5. The van der Waals surface area contributed by atoms with Crippen molar-refractivity contribution in [2.75, 3.05) is 6.54 Å². The van der Waals surface area contributed by atoms with E-state index in [2.05, 4.69) is 36.3 Å². The lowest BCUT2D eigenvalue weighted by atomic mass is 10.0. The van der Waals surface area contributed by atoms with Crippen LogP contribution < -0.4 is 5.32 Å². The van der Waals surface area contributed by atoms with E-state index in [1.807, 2.05) is 0 Å². The first-order valence-electron chi connectivity index (χ1n) is 6.51. The minimum Gasteiger partial charge on any atom is -0.344 e. The molecule has 0 radical (unpaired) electrons. The van der Waals surface area contributed by atoms with Gasteiger partial charge in [0.25, 0.3) is 0 Å². The number of rotatable bonds is 2. The van der Waals surface area contributed by atoms with Crippen LogP contribution in [0.4, 0.5) is 0 Å². The minimum absolute atomic E-state index is 0.795. The molecule has 88 valence electrons. The molecule has 2 heterocycles. The van der Waals surface area contributed by atoms with Crippen molar-refractivity contribution in [3.8, 4) is 0 Å². The van der Waals surface area contributed by atoms with Gasteiger partial charge in [-0.3, -0.25) is 4.98 Å². The maximum Gasteiger partial charge on any atom is 0.0899 e. The number of nitrogens with zero attached hydrogens (tertiary/aromatic N) is 1. The fourth-order valence-corrected chi connectivity index (χ4v) is 2.73. The molecule has 1 atom stereocenters. The van der Waals surface area contributed by atoms with Gasteiger partial charge in [0.2, 0.25) is 0 Å². The first kappa shape index (κ1) is 11.6. The molecule has 1 aliphatic rings. The Bertz CT molecular complexity index is 318. The van der Waals surface area contributed by atoms with Gasteiger partial charge in [-0.25, -0.2) is 0 Å². The summed E-state index contributed by atoms with van der Waals surface area (Å²) in [5, 5.41) is 2.54. The number of pyridine rings is 1. The van der Waals surface area contributed by atoms with E-state index in [0.717, 1.165) is 17.4 Å². The molecular formula is C14H23N2+. The highest BCUT2D eigenvalue weighted by molar-refractivity contribution is 5.20. The van der Waals surface area contributed by atoms with E-state index in [-0.39, 0.29) is 0 Å². The van der Waals surface area contributed by atoms with Crippen molar-refractivity contribution in [3.05, 3.63) is 29.1 Å². The SMILES string of the molecule is Cc1cc(C[C@H]2CCCCC[NH2+]2)cc(C)n1. The molecule has 1 aromatic rings. The molecule has 2 N–H and O–H groups in total. The summed E-state index contributed by atoms with van der Waals surface area (Å²) >= 11 is 0. The van der Waals surface area contributed by atoms with Gasteiger partial charge in [0, 0.05) is 17.8 Å². The Morgan fingerprint density at radius 2 is 1.94 bits per heavy atom. The molecule has 16 heavy (non-hydrogen) atoms. The van der Waals surface area contributed by atoms with E-state index >= 15 is 0 Å². The third kappa shape index (κ3) is 3.31. The zero-order chi connectivity index (χ0) is 11.4. The molecule has 2 heteroatoms. The molecular weight excluding hydrogens is 196 g/mol. The van der Waals surface area contributed by atoms with Gasteiger partial charge in [0.1, 0.15) is 0 Å². The summed E-state index contributed by atoms with van der Waals surface area (Å²) in [5.41, 5.74) is 3.78. The molecule has 0 saturated carbocycles. The second kappa shape index (κ2) is 5.44. The van der Waals surface area contributed by atoms with Gasteiger partial charge in [-0.05, 0) is 57.2 Å². The van der Waals surface area contributed by atoms with Crippen molar-refractivity contribution in [1.29, 1.82) is 0 Å². The van der Waals surface area contributed by atoms with Gasteiger partial charge < -0.3 is 5.32 Å². The number of aryl methyl sites for hydroxylation is 2. The third-order valence-corrected chi connectivity index (χ3v) is 3.42. The van der Waals surface area contributed by atoms with Gasteiger partial charge in [-0.1, -0.05) is 0 Å². The van der Waals surface area contributed by atoms with Crippen LogP contribution in [-0.2, 0) is 6.42 Å². The average Bonchev–Trinajstić information content (AvgIpc) is 2.44. The number of quaternary nitrogens is 1. The Morgan fingerprint density at radius 3 is 2.69 bits per heavy atom. The number of hydrogen-bond acceptors (Lipinski definition) is 1. The van der Waals surface area contributed by atoms with Gasteiger partial charge in [0.15, 0.2) is 0 Å². The molecule has 0 spiro atoms. The highest BCUT2D eigenvalue weighted by Gasteiger charge is 2.15. The molecule has 1 saturated heterocycles. The quantitative estimate of drug-likeness (QED) is 0.807. The summed E-state index contributed by atoms with van der Waals surface area (Å²) in [6.45, 7) is 5.49. The van der Waals surface area contributed by atoms with Crippen molar-refractivity contribution < 1.29 is 5.32 Å². The predicted molar refractivity (Wildman–Crippen MR) is 66.5 cm³/mol. The van der Waals surface area contributed by atoms with Gasteiger partial charge in [0.05, 0.1) is 12.6 Å². The highest BCUT2D eigenvalue weighted by Crippen LogP contribution is 2.11. The fourth-order valence-electron chi connectivity index (χ4n) is 2.73. The number of nitrogens with two attached hydrogens (primary N) is 1. The number of hydrogen-bond donors (Lipinski definition) is 1. The van der Waals surface area contributed by atoms with Crippen LogP contribution in [0.25, 0.3) is 0 Å². The largest absolute Gasteiger partial charge is 0.344 e. The zero-order valence-corrected chi connectivity index (χ0v) is 10.5. The first-order valence-corrected chi connectivity index (χ1v) is 6.51. The van der Waals surface area contributed by atoms with Crippen LogP contribution in [0.3, 0.4) is 0 Å². The van der Waals surface area contributed by atoms with Gasteiger partial charge in [-0.15, -0.1) is 0 Å². The molecule has 0 bridgehead atoms. The summed E-state index contributed by atoms with van der Waals surface area (Å²) in [5.74, 6) is 0. The predicted octanol–water partition coefficient (Wildman–Crippen LogP) is 1.75. The minimum atomic E-state index is 0.795. The van der Waals surface area contributed by atoms with Crippen molar-refractivity contribution in [3.63, 3.8) is 0 Å². The average molecular weight is 219 g/mol. The van der Waals surface area contributed by atoms with Crippen molar-refractivity contribution in [2.45, 2.75) is 52.0 Å². The van der Waals surface area contributed by atoms with Crippen molar-refractivity contribution in [2.24, 2.45) is 0 Å². The first-order chi connectivity index (χ1) is 7.74. The summed E-state index contributed by atoms with van der Waals surface area (Å²) < 4.78 is 0. The lowest BCUT2D eigenvalue weighted by Crippen LogP contribution is -2.90. The molecule has 0 amide bonds. The summed E-state index contributed by atoms with van der Waals surface area (Å²) in [6, 6.07) is 5.28. The highest BCUT2D eigenvalue weighted by atomic mass is 14.9. The van der Waals surface area contributed by atoms with E-state index in [1.165, 1.54) is 44.2 Å². The second-order valence-electron chi connectivity index (χ2n) is 5.10. The lowest BCUT2D eigenvalue weighted by molar-refractivity contribution is -0.687. The standard InChI is InChI=1S/C14H22N2/c1-11-8-13(9-12(2)16-11)10-14-6-4-3-5-7-15-14/h8-9,14-15H,3-7,10H2,1-2H3/p+1/t14-/m1/s1. The van der Waals surface area contributed by atoms with Crippen LogP contribution in [0.1, 0.15) is 42.6 Å². The fraction of sp³-hybridized carbons (Fsp3) is 0.643. The van der Waals surface area contributed by atoms with Crippen LogP contribution in [0.2, 0.25) is 0 Å². The van der Waals surface area contributed by atoms with E-state index in [1.54, 1.807) is 0 Å². The Kier molecular flexibility index (Phi) is 3.94. The van der Waals surface area contributed by atoms with Crippen molar-refractivity contribution in [1.82, 2.24) is 4.98 Å². The molecule has 2 rings (SSSR count). The summed E-state index contributed by atoms with van der Waals surface area (Å²) in [4.78, 5) is 4.44.